The lowest BCUT2D eigenvalue weighted by molar-refractivity contribution is -0.120. The lowest BCUT2D eigenvalue weighted by Crippen LogP contribution is -2.32. The van der Waals surface area contributed by atoms with Gasteiger partial charge in [-0.1, -0.05) is 30.3 Å². The van der Waals surface area contributed by atoms with Gasteiger partial charge in [0.1, 0.15) is 5.01 Å². The van der Waals surface area contributed by atoms with Gasteiger partial charge in [0.05, 0.1) is 12.1 Å². The van der Waals surface area contributed by atoms with Crippen molar-refractivity contribution in [2.75, 3.05) is 27.2 Å². The Morgan fingerprint density at radius 1 is 1.30 bits per heavy atom. The molecule has 0 spiro atoms. The lowest BCUT2D eigenvalue weighted by Gasteiger charge is -2.09. The van der Waals surface area contributed by atoms with Gasteiger partial charge < -0.3 is 10.2 Å². The van der Waals surface area contributed by atoms with E-state index in [9.17, 15) is 4.79 Å². The monoisotopic (exact) mass is 289 g/mol. The van der Waals surface area contributed by atoms with Crippen molar-refractivity contribution in [3.63, 3.8) is 0 Å². The predicted octanol–water partition coefficient (Wildman–Crippen LogP) is 2.03. The van der Waals surface area contributed by atoms with Crippen LogP contribution in [0.25, 0.3) is 10.6 Å². The molecule has 1 aromatic heterocycles. The van der Waals surface area contributed by atoms with Crippen LogP contribution < -0.4 is 5.32 Å². The minimum Gasteiger partial charge on any atom is -0.354 e. The second-order valence-electron chi connectivity index (χ2n) is 4.84. The fourth-order valence-corrected chi connectivity index (χ4v) is 2.57. The summed E-state index contributed by atoms with van der Waals surface area (Å²) in [5.41, 5.74) is 1.92. The maximum Gasteiger partial charge on any atom is 0.226 e. The number of aromatic nitrogens is 1. The second kappa shape index (κ2) is 7.17. The first-order valence-electron chi connectivity index (χ1n) is 6.56. The zero-order valence-corrected chi connectivity index (χ0v) is 12.6. The first-order valence-corrected chi connectivity index (χ1v) is 7.44. The molecule has 1 N–H and O–H groups in total. The number of thiazole rings is 1. The highest BCUT2D eigenvalue weighted by Crippen LogP contribution is 2.23. The Balaban J connectivity index is 1.88. The molecule has 2 aromatic rings. The number of amides is 1. The van der Waals surface area contributed by atoms with Crippen molar-refractivity contribution in [3.8, 4) is 10.6 Å². The van der Waals surface area contributed by atoms with E-state index in [1.807, 2.05) is 54.7 Å². The van der Waals surface area contributed by atoms with Crippen molar-refractivity contribution in [2.45, 2.75) is 6.42 Å². The normalized spacial score (nSPS) is 10.8. The average molecular weight is 289 g/mol. The third kappa shape index (κ3) is 4.43. The van der Waals surface area contributed by atoms with E-state index >= 15 is 0 Å². The molecule has 1 heterocycles. The van der Waals surface area contributed by atoms with Crippen molar-refractivity contribution in [1.82, 2.24) is 15.2 Å². The number of carbonyl (C=O) groups is 1. The number of likely N-dealkylation sites (N-methyl/N-ethyl adjacent to an activating group) is 1. The van der Waals surface area contributed by atoms with Gasteiger partial charge in [0, 0.05) is 24.0 Å². The number of nitrogens with one attached hydrogen (secondary N) is 1. The van der Waals surface area contributed by atoms with E-state index in [4.69, 9.17) is 0 Å². The lowest BCUT2D eigenvalue weighted by atomic mass is 10.2. The van der Waals surface area contributed by atoms with Gasteiger partial charge in [0.15, 0.2) is 0 Å². The first-order chi connectivity index (χ1) is 9.65. The molecule has 4 nitrogen and oxygen atoms in total. The van der Waals surface area contributed by atoms with E-state index in [-0.39, 0.29) is 5.91 Å². The van der Waals surface area contributed by atoms with Gasteiger partial charge in [0.25, 0.3) is 0 Å². The van der Waals surface area contributed by atoms with Crippen LogP contribution in [0.15, 0.2) is 35.7 Å². The molecule has 0 aliphatic heterocycles. The van der Waals surface area contributed by atoms with Crippen LogP contribution in [-0.4, -0.2) is 43.0 Å². The van der Waals surface area contributed by atoms with Gasteiger partial charge in [-0.25, -0.2) is 4.98 Å². The minimum atomic E-state index is 0.0248. The fourth-order valence-electron chi connectivity index (χ4n) is 1.75. The van der Waals surface area contributed by atoms with Crippen LogP contribution in [0, 0.1) is 0 Å². The van der Waals surface area contributed by atoms with Crippen LogP contribution >= 0.6 is 11.3 Å². The van der Waals surface area contributed by atoms with Gasteiger partial charge in [0.2, 0.25) is 5.91 Å². The minimum absolute atomic E-state index is 0.0248. The standard InChI is InChI=1S/C15H19N3OS/c1-18(2)9-8-16-14(19)10-13-11-20-15(17-13)12-6-4-3-5-7-12/h3-7,11H,8-10H2,1-2H3,(H,16,19). The molecule has 0 bridgehead atoms. The Morgan fingerprint density at radius 2 is 2.05 bits per heavy atom. The molecule has 106 valence electrons. The van der Waals surface area contributed by atoms with Crippen molar-refractivity contribution in [3.05, 3.63) is 41.4 Å². The van der Waals surface area contributed by atoms with Gasteiger partial charge in [-0.2, -0.15) is 0 Å². The number of carbonyl (C=O) groups excluding carboxylic acids is 1. The second-order valence-corrected chi connectivity index (χ2v) is 5.70. The molecule has 0 saturated heterocycles. The van der Waals surface area contributed by atoms with Gasteiger partial charge in [-0.3, -0.25) is 4.79 Å². The summed E-state index contributed by atoms with van der Waals surface area (Å²) in [6, 6.07) is 10.0. The van der Waals surface area contributed by atoms with Gasteiger partial charge in [-0.05, 0) is 14.1 Å². The van der Waals surface area contributed by atoms with E-state index in [1.54, 1.807) is 11.3 Å². The van der Waals surface area contributed by atoms with Crippen molar-refractivity contribution in [2.24, 2.45) is 0 Å². The summed E-state index contributed by atoms with van der Waals surface area (Å²) in [7, 11) is 3.97. The molecule has 1 aromatic carbocycles. The van der Waals surface area contributed by atoms with E-state index in [0.29, 0.717) is 13.0 Å². The molecule has 0 unspecified atom stereocenters. The zero-order chi connectivity index (χ0) is 14.4. The van der Waals surface area contributed by atoms with Crippen LogP contribution in [-0.2, 0) is 11.2 Å². The number of hydrogen-bond acceptors (Lipinski definition) is 4. The third-order valence-corrected chi connectivity index (χ3v) is 3.74. The smallest absolute Gasteiger partial charge is 0.226 e. The molecule has 5 heteroatoms. The Labute approximate surface area is 123 Å². The van der Waals surface area contributed by atoms with E-state index in [2.05, 4.69) is 10.3 Å². The third-order valence-electron chi connectivity index (χ3n) is 2.80. The molecule has 0 aliphatic rings. The van der Waals surface area contributed by atoms with Crippen molar-refractivity contribution < 1.29 is 4.79 Å². The highest BCUT2D eigenvalue weighted by Gasteiger charge is 2.08. The van der Waals surface area contributed by atoms with Gasteiger partial charge in [-0.15, -0.1) is 11.3 Å². The van der Waals surface area contributed by atoms with Crippen LogP contribution in [0.5, 0.6) is 0 Å². The Morgan fingerprint density at radius 3 is 2.75 bits per heavy atom. The summed E-state index contributed by atoms with van der Waals surface area (Å²) in [5.74, 6) is 0.0248. The Kier molecular flexibility index (Phi) is 5.26. The molecule has 0 fully saturated rings. The summed E-state index contributed by atoms with van der Waals surface area (Å²) < 4.78 is 0. The van der Waals surface area contributed by atoms with E-state index in [0.717, 1.165) is 22.8 Å². The number of nitrogens with zero attached hydrogens (tertiary/aromatic N) is 2. The number of rotatable bonds is 6. The highest BCUT2D eigenvalue weighted by atomic mass is 32.1. The van der Waals surface area contributed by atoms with Crippen LogP contribution in [0.3, 0.4) is 0 Å². The van der Waals surface area contributed by atoms with E-state index in [1.165, 1.54) is 0 Å². The summed E-state index contributed by atoms with van der Waals surface area (Å²) >= 11 is 1.57. The average Bonchev–Trinajstić information content (AvgIpc) is 2.88. The maximum absolute atomic E-state index is 11.8. The molecular weight excluding hydrogens is 270 g/mol. The number of benzene rings is 1. The SMILES string of the molecule is CN(C)CCNC(=O)Cc1csc(-c2ccccc2)n1. The van der Waals surface area contributed by atoms with Crippen LogP contribution in [0.1, 0.15) is 5.69 Å². The Hall–Kier alpha value is -1.72. The molecule has 20 heavy (non-hydrogen) atoms. The van der Waals surface area contributed by atoms with Crippen LogP contribution in [0.2, 0.25) is 0 Å². The van der Waals surface area contributed by atoms with Gasteiger partial charge >= 0.3 is 0 Å². The molecule has 0 radical (unpaired) electrons. The topological polar surface area (TPSA) is 45.2 Å². The predicted molar refractivity (Wildman–Crippen MR) is 82.8 cm³/mol. The molecule has 0 saturated carbocycles. The largest absolute Gasteiger partial charge is 0.354 e. The van der Waals surface area contributed by atoms with E-state index < -0.39 is 0 Å². The first kappa shape index (κ1) is 14.7. The number of hydrogen-bond donors (Lipinski definition) is 1. The quantitative estimate of drug-likeness (QED) is 0.885. The van der Waals surface area contributed by atoms with Crippen molar-refractivity contribution >= 4 is 17.2 Å². The summed E-state index contributed by atoms with van der Waals surface area (Å²) in [6.45, 7) is 1.51. The molecule has 1 amide bonds. The summed E-state index contributed by atoms with van der Waals surface area (Å²) in [6.07, 6.45) is 0.344. The highest BCUT2D eigenvalue weighted by molar-refractivity contribution is 7.13. The van der Waals surface area contributed by atoms with Crippen molar-refractivity contribution in [1.29, 1.82) is 0 Å². The Bertz CT molecular complexity index is 551. The summed E-state index contributed by atoms with van der Waals surface area (Å²) in [4.78, 5) is 18.3. The maximum atomic E-state index is 11.8. The molecule has 0 aliphatic carbocycles. The van der Waals surface area contributed by atoms with Crippen LogP contribution in [0.4, 0.5) is 0 Å². The molecular formula is C15H19N3OS. The fraction of sp³-hybridized carbons (Fsp3) is 0.333. The summed E-state index contributed by atoms with van der Waals surface area (Å²) in [5, 5.41) is 5.81. The molecule has 2 rings (SSSR count). The zero-order valence-electron chi connectivity index (χ0n) is 11.8. The molecule has 0 atom stereocenters.